The van der Waals surface area contributed by atoms with E-state index in [2.05, 4.69) is 4.98 Å². The summed E-state index contributed by atoms with van der Waals surface area (Å²) < 4.78 is 86.5. The summed E-state index contributed by atoms with van der Waals surface area (Å²) in [6.07, 6.45) is 0. The normalized spacial score (nSPS) is 15.7. The fraction of sp³-hybridized carbons (Fsp3) is 0.207. The average Bonchev–Trinajstić information content (AvgIpc) is 3.09. The Kier molecular flexibility index (Phi) is 10.5. The fourth-order valence-electron chi connectivity index (χ4n) is 5.33. The van der Waals surface area contributed by atoms with Crippen molar-refractivity contribution in [2.24, 2.45) is 0 Å². The first-order chi connectivity index (χ1) is 24.0. The highest BCUT2D eigenvalue weighted by Crippen LogP contribution is 2.31. The number of pyridine rings is 1. The predicted octanol–water partition coefficient (Wildman–Crippen LogP) is 2.89. The SMILES string of the molecule is O=[N+]([O-])c1ccccc1S(=O)(=O)N1CCN(S(=O)(=O)c2ccccc2[N+](=O)[O-])Cc2cccc(n2)CN(S(=O)(=O)c2ccccc2[N+](=O)[O-])CC1. The van der Waals surface area contributed by atoms with Crippen molar-refractivity contribution in [1.29, 1.82) is 0 Å². The highest BCUT2D eigenvalue weighted by Gasteiger charge is 2.38. The van der Waals surface area contributed by atoms with E-state index in [-0.39, 0.29) is 11.4 Å². The molecule has 0 fully saturated rings. The molecule has 0 saturated carbocycles. The molecule has 268 valence electrons. The Morgan fingerprint density at radius 2 is 0.745 bits per heavy atom. The van der Waals surface area contributed by atoms with Crippen LogP contribution in [0.5, 0.6) is 0 Å². The van der Waals surface area contributed by atoms with Gasteiger partial charge in [-0.2, -0.15) is 12.9 Å². The van der Waals surface area contributed by atoms with Gasteiger partial charge in [0.25, 0.3) is 17.1 Å². The van der Waals surface area contributed by atoms with Crippen molar-refractivity contribution in [2.75, 3.05) is 26.2 Å². The van der Waals surface area contributed by atoms with Crippen LogP contribution in [0.15, 0.2) is 106 Å². The Labute approximate surface area is 291 Å². The maximum atomic E-state index is 14.1. The Morgan fingerprint density at radius 1 is 0.451 bits per heavy atom. The van der Waals surface area contributed by atoms with Crippen LogP contribution in [0.3, 0.4) is 0 Å². The van der Waals surface area contributed by atoms with Gasteiger partial charge in [-0.3, -0.25) is 35.3 Å². The van der Waals surface area contributed by atoms with Gasteiger partial charge in [-0.05, 0) is 30.3 Å². The Balaban J connectivity index is 1.67. The molecule has 1 aromatic heterocycles. The van der Waals surface area contributed by atoms with Gasteiger partial charge in [-0.15, -0.1) is 0 Å². The molecule has 2 bridgehead atoms. The zero-order valence-electron chi connectivity index (χ0n) is 26.2. The molecule has 0 unspecified atom stereocenters. The zero-order valence-corrected chi connectivity index (χ0v) is 28.6. The first-order valence-corrected chi connectivity index (χ1v) is 19.0. The third kappa shape index (κ3) is 7.59. The van der Waals surface area contributed by atoms with Crippen molar-refractivity contribution in [3.63, 3.8) is 0 Å². The van der Waals surface area contributed by atoms with E-state index in [0.717, 1.165) is 45.0 Å². The van der Waals surface area contributed by atoms with E-state index >= 15 is 0 Å². The maximum absolute atomic E-state index is 14.1. The third-order valence-corrected chi connectivity index (χ3v) is 13.5. The molecule has 0 aliphatic carbocycles. The fourth-order valence-corrected chi connectivity index (χ4v) is 10.0. The van der Waals surface area contributed by atoms with Crippen LogP contribution in [0.4, 0.5) is 17.1 Å². The molecular formula is C29H27N7O12S3. The smallest absolute Gasteiger partial charge is 0.258 e. The van der Waals surface area contributed by atoms with Crippen molar-refractivity contribution >= 4 is 47.1 Å². The molecule has 3 aromatic carbocycles. The van der Waals surface area contributed by atoms with Gasteiger partial charge in [-0.1, -0.05) is 42.5 Å². The van der Waals surface area contributed by atoms with E-state index in [1.165, 1.54) is 54.6 Å². The summed E-state index contributed by atoms with van der Waals surface area (Å²) >= 11 is 0. The molecule has 0 amide bonds. The summed E-state index contributed by atoms with van der Waals surface area (Å²) in [6.45, 7) is -3.88. The van der Waals surface area contributed by atoms with Gasteiger partial charge in [0.2, 0.25) is 30.1 Å². The number of para-hydroxylation sites is 3. The van der Waals surface area contributed by atoms with Gasteiger partial charge in [0.15, 0.2) is 14.7 Å². The summed E-state index contributed by atoms with van der Waals surface area (Å²) in [5, 5.41) is 35.4. The number of benzene rings is 3. The van der Waals surface area contributed by atoms with E-state index < -0.39 is 116 Å². The Bertz CT molecular complexity index is 2240. The molecule has 0 saturated heterocycles. The summed E-state index contributed by atoms with van der Waals surface area (Å²) in [5.74, 6) is 0. The van der Waals surface area contributed by atoms with Crippen LogP contribution in [-0.4, -0.2) is 84.1 Å². The summed E-state index contributed by atoms with van der Waals surface area (Å²) in [5.41, 5.74) is -2.20. The van der Waals surface area contributed by atoms with Crippen molar-refractivity contribution in [2.45, 2.75) is 27.8 Å². The number of nitro groups is 3. The molecule has 0 N–H and O–H groups in total. The number of sulfonamides is 3. The molecule has 19 nitrogen and oxygen atoms in total. The van der Waals surface area contributed by atoms with Crippen molar-refractivity contribution in [3.8, 4) is 0 Å². The molecule has 0 spiro atoms. The molecule has 2 heterocycles. The van der Waals surface area contributed by atoms with E-state index in [0.29, 0.717) is 4.31 Å². The van der Waals surface area contributed by atoms with E-state index in [1.54, 1.807) is 0 Å². The number of fused-ring (bicyclic) bond motifs is 2. The lowest BCUT2D eigenvalue weighted by Crippen LogP contribution is -2.45. The standard InChI is InChI=1S/C29H27N7O12S3/c37-34(38)24-10-1-4-13-27(24)49(43,44)31-16-18-32(50(45,46)28-14-5-2-11-25(28)35(39)40)20-22-8-7-9-23(30-22)21-33(19-17-31)51(47,48)29-15-6-3-12-26(29)36(41)42/h1-15H,16-21H2. The number of nitrogens with zero attached hydrogens (tertiary/aromatic N) is 7. The molecular weight excluding hydrogens is 735 g/mol. The van der Waals surface area contributed by atoms with Gasteiger partial charge in [0, 0.05) is 44.4 Å². The van der Waals surface area contributed by atoms with Crippen molar-refractivity contribution in [3.05, 3.63) is 133 Å². The second-order valence-corrected chi connectivity index (χ2v) is 16.6. The first-order valence-electron chi connectivity index (χ1n) is 14.7. The minimum absolute atomic E-state index is 0.0476. The topological polar surface area (TPSA) is 254 Å². The largest absolute Gasteiger partial charge is 0.289 e. The lowest BCUT2D eigenvalue weighted by molar-refractivity contribution is -0.388. The van der Waals surface area contributed by atoms with E-state index in [4.69, 9.17) is 0 Å². The Hall–Kier alpha value is -5.26. The minimum atomic E-state index is -4.88. The second-order valence-electron chi connectivity index (χ2n) is 10.9. The number of nitro benzene ring substituents is 3. The number of hydrogen-bond acceptors (Lipinski definition) is 13. The molecule has 0 radical (unpaired) electrons. The van der Waals surface area contributed by atoms with Crippen LogP contribution in [-0.2, 0) is 43.2 Å². The molecule has 1 aliphatic heterocycles. The van der Waals surface area contributed by atoms with Gasteiger partial charge >= 0.3 is 0 Å². The summed E-state index contributed by atoms with van der Waals surface area (Å²) in [6, 6.07) is 17.7. The molecule has 5 rings (SSSR count). The van der Waals surface area contributed by atoms with Gasteiger partial charge in [-0.25, -0.2) is 25.3 Å². The number of aromatic nitrogens is 1. The first kappa shape index (κ1) is 37.0. The van der Waals surface area contributed by atoms with Crippen LogP contribution in [0, 0.1) is 30.3 Å². The van der Waals surface area contributed by atoms with Crippen molar-refractivity contribution in [1.82, 2.24) is 17.9 Å². The molecule has 1 aliphatic rings. The van der Waals surface area contributed by atoms with Crippen molar-refractivity contribution < 1.29 is 40.0 Å². The van der Waals surface area contributed by atoms with Gasteiger partial charge < -0.3 is 0 Å². The van der Waals surface area contributed by atoms with Gasteiger partial charge in [0.1, 0.15) is 0 Å². The van der Waals surface area contributed by atoms with Crippen LogP contribution < -0.4 is 0 Å². The van der Waals surface area contributed by atoms with Gasteiger partial charge in [0.05, 0.1) is 39.2 Å². The van der Waals surface area contributed by atoms with Crippen LogP contribution in [0.25, 0.3) is 0 Å². The quantitative estimate of drug-likeness (QED) is 0.176. The predicted molar refractivity (Wildman–Crippen MR) is 177 cm³/mol. The third-order valence-electron chi connectivity index (χ3n) is 7.78. The number of hydrogen-bond donors (Lipinski definition) is 0. The van der Waals surface area contributed by atoms with Crippen LogP contribution >= 0.6 is 0 Å². The molecule has 4 aromatic rings. The highest BCUT2D eigenvalue weighted by molar-refractivity contribution is 7.90. The van der Waals surface area contributed by atoms with E-state index in [9.17, 15) is 55.6 Å². The molecule has 0 atom stereocenters. The monoisotopic (exact) mass is 761 g/mol. The second kappa shape index (κ2) is 14.5. The summed E-state index contributed by atoms with van der Waals surface area (Å²) in [4.78, 5) is 34.9. The summed E-state index contributed by atoms with van der Waals surface area (Å²) in [7, 11) is -14.4. The lowest BCUT2D eigenvalue weighted by Gasteiger charge is -2.30. The van der Waals surface area contributed by atoms with Crippen LogP contribution in [0.2, 0.25) is 0 Å². The minimum Gasteiger partial charge on any atom is -0.258 e. The zero-order chi connectivity index (χ0) is 37.1. The van der Waals surface area contributed by atoms with E-state index in [1.807, 2.05) is 0 Å². The molecule has 51 heavy (non-hydrogen) atoms. The Morgan fingerprint density at radius 3 is 1.08 bits per heavy atom. The highest BCUT2D eigenvalue weighted by atomic mass is 32.2. The number of rotatable bonds is 9. The average molecular weight is 762 g/mol. The lowest BCUT2D eigenvalue weighted by atomic mass is 10.3. The maximum Gasteiger partial charge on any atom is 0.289 e. The van der Waals surface area contributed by atoms with Crippen LogP contribution in [0.1, 0.15) is 11.4 Å². The molecule has 22 heteroatoms.